The Kier molecular flexibility index (Phi) is 2.00. The molecule has 0 saturated carbocycles. The summed E-state index contributed by atoms with van der Waals surface area (Å²) in [6, 6.07) is 17.6. The molecule has 1 heterocycles. The quantitative estimate of drug-likeness (QED) is 0.572. The monoisotopic (exact) mass is 211 g/mol. The van der Waals surface area contributed by atoms with Gasteiger partial charge in [-0.3, -0.25) is 0 Å². The molecule has 1 nitrogen and oxygen atoms in total. The predicted molar refractivity (Wildman–Crippen MR) is 63.9 cm³/mol. The van der Waals surface area contributed by atoms with Gasteiger partial charge in [-0.05, 0) is 29.3 Å². The van der Waals surface area contributed by atoms with Crippen LogP contribution in [0.5, 0.6) is 0 Å². The number of halogens is 1. The van der Waals surface area contributed by atoms with Crippen LogP contribution in [0, 0.1) is 0 Å². The first-order chi connectivity index (χ1) is 7.84. The summed E-state index contributed by atoms with van der Waals surface area (Å²) in [5, 5.41) is 0.920. The van der Waals surface area contributed by atoms with Gasteiger partial charge in [-0.15, -0.1) is 0 Å². The number of aromatic nitrogens is 1. The Labute approximate surface area is 92.7 Å². The molecule has 0 atom stereocenters. The summed E-state index contributed by atoms with van der Waals surface area (Å²) in [5.41, 5.74) is 2.87. The first kappa shape index (κ1) is 9.16. The smallest absolute Gasteiger partial charge is 0.0813 e. The molecule has 0 bridgehead atoms. The Balaban J connectivity index is 2.19. The van der Waals surface area contributed by atoms with E-state index in [1.54, 1.807) is 12.1 Å². The summed E-state index contributed by atoms with van der Waals surface area (Å²) in [6.45, 7) is 0. The third-order valence-corrected chi connectivity index (χ3v) is 2.75. The maximum Gasteiger partial charge on any atom is 0.0813 e. The van der Waals surface area contributed by atoms with Crippen molar-refractivity contribution in [1.29, 1.82) is 0 Å². The number of hydrogen-bond donors (Lipinski definition) is 0. The zero-order valence-electron chi connectivity index (χ0n) is 8.60. The zero-order chi connectivity index (χ0) is 11.0. The molecular formula is C14H10FN. The maximum atomic E-state index is 13.2. The van der Waals surface area contributed by atoms with Crippen LogP contribution < -0.4 is 0 Å². The van der Waals surface area contributed by atoms with Crippen molar-refractivity contribution in [3.8, 4) is 11.1 Å². The summed E-state index contributed by atoms with van der Waals surface area (Å²) in [7, 11) is 0. The topological polar surface area (TPSA) is 4.93 Å². The lowest BCUT2D eigenvalue weighted by atomic mass is 10.0. The van der Waals surface area contributed by atoms with E-state index in [1.807, 2.05) is 42.5 Å². The largest absolute Gasteiger partial charge is 0.186 e. The normalized spacial score (nSPS) is 10.8. The Morgan fingerprint density at radius 2 is 1.62 bits per heavy atom. The first-order valence-electron chi connectivity index (χ1n) is 5.17. The molecule has 0 aliphatic rings. The molecule has 2 heteroatoms. The van der Waals surface area contributed by atoms with E-state index in [0.29, 0.717) is 10.3 Å². The molecule has 0 unspecified atom stereocenters. The van der Waals surface area contributed by atoms with E-state index in [1.165, 1.54) is 6.20 Å². The highest BCUT2D eigenvalue weighted by molar-refractivity contribution is 5.85. The van der Waals surface area contributed by atoms with Crippen LogP contribution in [0.15, 0.2) is 60.8 Å². The number of hydrogen-bond acceptors (Lipinski definition) is 0. The van der Waals surface area contributed by atoms with Crippen molar-refractivity contribution in [2.75, 3.05) is 0 Å². The van der Waals surface area contributed by atoms with E-state index >= 15 is 0 Å². The highest BCUT2D eigenvalue weighted by atomic mass is 19.2. The van der Waals surface area contributed by atoms with E-state index in [4.69, 9.17) is 0 Å². The average Bonchev–Trinajstić information content (AvgIpc) is 2.72. The number of nitrogens with zero attached hydrogens (tertiary/aromatic N) is 1. The maximum absolute atomic E-state index is 13.2. The van der Waals surface area contributed by atoms with Crippen LogP contribution >= 0.6 is 0 Å². The second-order valence-electron chi connectivity index (χ2n) is 3.77. The summed E-state index contributed by atoms with van der Waals surface area (Å²) >= 11 is 0. The average molecular weight is 211 g/mol. The molecule has 0 amide bonds. The van der Waals surface area contributed by atoms with Gasteiger partial charge < -0.3 is 0 Å². The van der Waals surface area contributed by atoms with Crippen LogP contribution in [0.2, 0.25) is 0 Å². The zero-order valence-corrected chi connectivity index (χ0v) is 8.60. The fraction of sp³-hybridized carbons (Fsp3) is 0. The van der Waals surface area contributed by atoms with E-state index in [-0.39, 0.29) is 0 Å². The van der Waals surface area contributed by atoms with Crippen molar-refractivity contribution in [3.05, 3.63) is 60.8 Å². The van der Waals surface area contributed by atoms with Gasteiger partial charge in [0.05, 0.1) is 5.52 Å². The van der Waals surface area contributed by atoms with Gasteiger partial charge in [0.2, 0.25) is 0 Å². The van der Waals surface area contributed by atoms with Crippen molar-refractivity contribution in [2.45, 2.75) is 0 Å². The van der Waals surface area contributed by atoms with Crippen molar-refractivity contribution >= 4 is 10.9 Å². The predicted octanol–water partition coefficient (Wildman–Crippen LogP) is 4.04. The van der Waals surface area contributed by atoms with Crippen LogP contribution in [-0.4, -0.2) is 4.79 Å². The molecule has 0 spiro atoms. The van der Waals surface area contributed by atoms with Crippen molar-refractivity contribution in [3.63, 3.8) is 0 Å². The van der Waals surface area contributed by atoms with Crippen molar-refractivity contribution in [2.24, 2.45) is 0 Å². The second kappa shape index (κ2) is 3.49. The summed E-state index contributed by atoms with van der Waals surface area (Å²) in [5.74, 6) is 0. The Morgan fingerprint density at radius 1 is 0.812 bits per heavy atom. The minimum Gasteiger partial charge on any atom is -0.186 e. The van der Waals surface area contributed by atoms with E-state index in [9.17, 15) is 4.48 Å². The number of fused-ring (bicyclic) bond motifs is 1. The molecule has 2 aromatic carbocycles. The molecule has 0 fully saturated rings. The fourth-order valence-electron chi connectivity index (χ4n) is 1.92. The van der Waals surface area contributed by atoms with Crippen LogP contribution in [0.1, 0.15) is 0 Å². The molecule has 1 aromatic heterocycles. The molecule has 0 aliphatic heterocycles. The van der Waals surface area contributed by atoms with Gasteiger partial charge in [0.25, 0.3) is 0 Å². The lowest BCUT2D eigenvalue weighted by Gasteiger charge is -2.01. The van der Waals surface area contributed by atoms with Crippen LogP contribution in [0.3, 0.4) is 0 Å². The van der Waals surface area contributed by atoms with Crippen LogP contribution in [0.4, 0.5) is 4.48 Å². The van der Waals surface area contributed by atoms with Gasteiger partial charge in [0.15, 0.2) is 0 Å². The molecule has 0 N–H and O–H groups in total. The van der Waals surface area contributed by atoms with Gasteiger partial charge in [-0.25, -0.2) is 0 Å². The van der Waals surface area contributed by atoms with Gasteiger partial charge in [0, 0.05) is 11.6 Å². The summed E-state index contributed by atoms with van der Waals surface area (Å²) in [6.07, 6.45) is 1.43. The van der Waals surface area contributed by atoms with Gasteiger partial charge in [0.1, 0.15) is 0 Å². The Bertz CT molecular complexity index is 626. The highest BCUT2D eigenvalue weighted by Gasteiger charge is 2.02. The third-order valence-electron chi connectivity index (χ3n) is 2.75. The van der Waals surface area contributed by atoms with Crippen molar-refractivity contribution in [1.82, 2.24) is 4.79 Å². The number of benzene rings is 2. The highest BCUT2D eigenvalue weighted by Crippen LogP contribution is 2.24. The molecular weight excluding hydrogens is 201 g/mol. The van der Waals surface area contributed by atoms with Crippen LogP contribution in [0.25, 0.3) is 22.0 Å². The lowest BCUT2D eigenvalue weighted by Crippen LogP contribution is -1.79. The second-order valence-corrected chi connectivity index (χ2v) is 3.77. The lowest BCUT2D eigenvalue weighted by molar-refractivity contribution is 0.388. The van der Waals surface area contributed by atoms with Crippen LogP contribution in [-0.2, 0) is 0 Å². The molecule has 16 heavy (non-hydrogen) atoms. The van der Waals surface area contributed by atoms with E-state index in [0.717, 1.165) is 16.5 Å². The standard InChI is InChI=1S/C14H10FN/c15-16-9-8-13-10-12(6-7-14(13)16)11-4-2-1-3-5-11/h1-10H. The number of rotatable bonds is 1. The van der Waals surface area contributed by atoms with Gasteiger partial charge >= 0.3 is 0 Å². The first-order valence-corrected chi connectivity index (χ1v) is 5.17. The fourth-order valence-corrected chi connectivity index (χ4v) is 1.92. The molecule has 3 rings (SSSR count). The molecule has 0 aliphatic carbocycles. The minimum atomic E-state index is 0.611. The molecule has 0 radical (unpaired) electrons. The van der Waals surface area contributed by atoms with Gasteiger partial charge in [-0.1, -0.05) is 40.9 Å². The Morgan fingerprint density at radius 3 is 2.44 bits per heavy atom. The minimum absolute atomic E-state index is 0.611. The molecule has 78 valence electrons. The van der Waals surface area contributed by atoms with Crippen molar-refractivity contribution < 1.29 is 4.48 Å². The van der Waals surface area contributed by atoms with E-state index < -0.39 is 0 Å². The summed E-state index contributed by atoms with van der Waals surface area (Å²) < 4.78 is 13.2. The van der Waals surface area contributed by atoms with Gasteiger partial charge in [-0.2, -0.15) is 4.79 Å². The SMILES string of the molecule is Fn1ccc2cc(-c3ccccc3)ccc21. The summed E-state index contributed by atoms with van der Waals surface area (Å²) in [4.78, 5) is 0.643. The molecule has 0 saturated heterocycles. The third kappa shape index (κ3) is 1.39. The Hall–Kier alpha value is -2.09. The molecule has 3 aromatic rings. The van der Waals surface area contributed by atoms with E-state index in [2.05, 4.69) is 0 Å².